The SMILES string of the molecule is CN1CCC(N(C2CC2)S(=O)(=O)c2ccc(Cl)cc2)CC1. The summed E-state index contributed by atoms with van der Waals surface area (Å²) in [6.45, 7) is 1.92. The molecule has 0 bridgehead atoms. The Balaban J connectivity index is 1.87. The lowest BCUT2D eigenvalue weighted by Gasteiger charge is -2.36. The number of nitrogens with zero attached hydrogens (tertiary/aromatic N) is 2. The van der Waals surface area contributed by atoms with Crippen molar-refractivity contribution in [2.75, 3.05) is 20.1 Å². The molecule has 3 rings (SSSR count). The Kier molecular flexibility index (Phi) is 4.28. The fourth-order valence-electron chi connectivity index (χ4n) is 3.00. The lowest BCUT2D eigenvalue weighted by molar-refractivity contribution is 0.178. The van der Waals surface area contributed by atoms with E-state index in [0.29, 0.717) is 9.92 Å². The largest absolute Gasteiger partial charge is 0.306 e. The number of likely N-dealkylation sites (tertiary alicyclic amines) is 1. The molecular formula is C15H21ClN2O2S. The van der Waals surface area contributed by atoms with Gasteiger partial charge in [0, 0.05) is 17.1 Å². The van der Waals surface area contributed by atoms with E-state index in [4.69, 9.17) is 11.6 Å². The molecule has 6 heteroatoms. The van der Waals surface area contributed by atoms with Gasteiger partial charge in [0.15, 0.2) is 0 Å². The maximum atomic E-state index is 13.0. The minimum absolute atomic E-state index is 0.134. The number of piperidine rings is 1. The minimum Gasteiger partial charge on any atom is -0.306 e. The molecule has 0 aromatic heterocycles. The van der Waals surface area contributed by atoms with E-state index in [2.05, 4.69) is 11.9 Å². The first-order chi connectivity index (χ1) is 9.98. The molecule has 1 saturated heterocycles. The molecule has 0 amide bonds. The highest BCUT2D eigenvalue weighted by Crippen LogP contribution is 2.36. The van der Waals surface area contributed by atoms with Gasteiger partial charge in [0.25, 0.3) is 0 Å². The number of rotatable bonds is 4. The molecule has 1 saturated carbocycles. The highest BCUT2D eigenvalue weighted by Gasteiger charge is 2.43. The molecule has 0 spiro atoms. The second kappa shape index (κ2) is 5.88. The van der Waals surface area contributed by atoms with Crippen molar-refractivity contribution in [3.05, 3.63) is 29.3 Å². The molecule has 0 N–H and O–H groups in total. The van der Waals surface area contributed by atoms with Crippen LogP contribution >= 0.6 is 11.6 Å². The lowest BCUT2D eigenvalue weighted by atomic mass is 10.1. The smallest absolute Gasteiger partial charge is 0.243 e. The molecule has 1 heterocycles. The van der Waals surface area contributed by atoms with E-state index >= 15 is 0 Å². The standard InChI is InChI=1S/C15H21ClN2O2S/c1-17-10-8-14(9-11-17)18(13-4-5-13)21(19,20)15-6-2-12(16)3-7-15/h2-3,6-7,13-14H,4-5,8-11H2,1H3. The van der Waals surface area contributed by atoms with Crippen LogP contribution in [-0.2, 0) is 10.0 Å². The molecule has 0 atom stereocenters. The summed E-state index contributed by atoms with van der Waals surface area (Å²) < 4.78 is 27.7. The van der Waals surface area contributed by atoms with Gasteiger partial charge >= 0.3 is 0 Å². The zero-order chi connectivity index (χ0) is 15.0. The Morgan fingerprint density at radius 1 is 1.05 bits per heavy atom. The molecule has 1 aromatic rings. The second-order valence-electron chi connectivity index (χ2n) is 6.05. The van der Waals surface area contributed by atoms with Crippen molar-refractivity contribution in [1.29, 1.82) is 0 Å². The van der Waals surface area contributed by atoms with Gasteiger partial charge in [0.1, 0.15) is 0 Å². The van der Waals surface area contributed by atoms with E-state index in [1.807, 2.05) is 0 Å². The Hall–Kier alpha value is -0.620. The van der Waals surface area contributed by atoms with Crippen molar-refractivity contribution < 1.29 is 8.42 Å². The van der Waals surface area contributed by atoms with Crippen molar-refractivity contribution in [1.82, 2.24) is 9.21 Å². The zero-order valence-electron chi connectivity index (χ0n) is 12.2. The molecule has 21 heavy (non-hydrogen) atoms. The minimum atomic E-state index is -3.42. The molecule has 116 valence electrons. The van der Waals surface area contributed by atoms with Crippen LogP contribution < -0.4 is 0 Å². The molecule has 0 unspecified atom stereocenters. The summed E-state index contributed by atoms with van der Waals surface area (Å²) in [4.78, 5) is 2.62. The number of sulfonamides is 1. The molecule has 1 aromatic carbocycles. The number of benzene rings is 1. The van der Waals surface area contributed by atoms with E-state index in [1.165, 1.54) is 0 Å². The van der Waals surface area contributed by atoms with E-state index in [9.17, 15) is 8.42 Å². The fourth-order valence-corrected chi connectivity index (χ4v) is 5.05. The third-order valence-electron chi connectivity index (χ3n) is 4.34. The number of hydrogen-bond acceptors (Lipinski definition) is 3. The van der Waals surface area contributed by atoms with Gasteiger partial charge in [-0.2, -0.15) is 4.31 Å². The van der Waals surface area contributed by atoms with Crippen molar-refractivity contribution >= 4 is 21.6 Å². The summed E-state index contributed by atoms with van der Waals surface area (Å²) >= 11 is 5.87. The summed E-state index contributed by atoms with van der Waals surface area (Å²) in [6.07, 6.45) is 3.80. The summed E-state index contributed by atoms with van der Waals surface area (Å²) in [7, 11) is -1.33. The average molecular weight is 329 g/mol. The van der Waals surface area contributed by atoms with Crippen LogP contribution in [0.3, 0.4) is 0 Å². The molecule has 4 nitrogen and oxygen atoms in total. The molecule has 2 fully saturated rings. The van der Waals surface area contributed by atoms with Crippen LogP contribution in [0.25, 0.3) is 0 Å². The first-order valence-electron chi connectivity index (χ1n) is 7.46. The maximum Gasteiger partial charge on any atom is 0.243 e. The quantitative estimate of drug-likeness (QED) is 0.853. The number of halogens is 1. The van der Waals surface area contributed by atoms with Gasteiger partial charge in [-0.25, -0.2) is 8.42 Å². The average Bonchev–Trinajstić information content (AvgIpc) is 3.26. The predicted molar refractivity (Wildman–Crippen MR) is 84.0 cm³/mol. The van der Waals surface area contributed by atoms with E-state index < -0.39 is 10.0 Å². The van der Waals surface area contributed by atoms with Crippen LogP contribution in [0.15, 0.2) is 29.2 Å². The molecule has 1 aliphatic heterocycles. The van der Waals surface area contributed by atoms with E-state index in [-0.39, 0.29) is 12.1 Å². The third kappa shape index (κ3) is 3.26. The van der Waals surface area contributed by atoms with E-state index in [0.717, 1.165) is 38.8 Å². The predicted octanol–water partition coefficient (Wildman–Crippen LogP) is 2.59. The lowest BCUT2D eigenvalue weighted by Crippen LogP contribution is -2.47. The Labute approximate surface area is 131 Å². The van der Waals surface area contributed by atoms with Gasteiger partial charge in [-0.1, -0.05) is 11.6 Å². The fraction of sp³-hybridized carbons (Fsp3) is 0.600. The van der Waals surface area contributed by atoms with Gasteiger partial charge in [0.2, 0.25) is 10.0 Å². The van der Waals surface area contributed by atoms with Crippen LogP contribution in [0.1, 0.15) is 25.7 Å². The highest BCUT2D eigenvalue weighted by atomic mass is 35.5. The second-order valence-corrected chi connectivity index (χ2v) is 8.33. The maximum absolute atomic E-state index is 13.0. The molecule has 0 radical (unpaired) electrons. The van der Waals surface area contributed by atoms with Crippen molar-refractivity contribution in [3.63, 3.8) is 0 Å². The monoisotopic (exact) mass is 328 g/mol. The highest BCUT2D eigenvalue weighted by molar-refractivity contribution is 7.89. The van der Waals surface area contributed by atoms with Crippen LogP contribution in [0.5, 0.6) is 0 Å². The molecule has 1 aliphatic carbocycles. The van der Waals surface area contributed by atoms with E-state index in [1.54, 1.807) is 28.6 Å². The van der Waals surface area contributed by atoms with Gasteiger partial charge in [-0.3, -0.25) is 0 Å². The summed E-state index contributed by atoms with van der Waals surface area (Å²) in [6, 6.07) is 6.85. The van der Waals surface area contributed by atoms with Gasteiger partial charge < -0.3 is 4.90 Å². The Bertz CT molecular complexity index is 591. The topological polar surface area (TPSA) is 40.6 Å². The summed E-state index contributed by atoms with van der Waals surface area (Å²) in [5, 5.41) is 0.561. The summed E-state index contributed by atoms with van der Waals surface area (Å²) in [5.41, 5.74) is 0. The molecule has 2 aliphatic rings. The van der Waals surface area contributed by atoms with Crippen molar-refractivity contribution in [2.45, 2.75) is 42.7 Å². The first-order valence-corrected chi connectivity index (χ1v) is 9.28. The van der Waals surface area contributed by atoms with Crippen molar-refractivity contribution in [3.8, 4) is 0 Å². The normalized spacial score (nSPS) is 21.9. The van der Waals surface area contributed by atoms with Crippen LogP contribution in [0, 0.1) is 0 Å². The first kappa shape index (κ1) is 15.3. The van der Waals surface area contributed by atoms with Gasteiger partial charge in [-0.15, -0.1) is 0 Å². The third-order valence-corrected chi connectivity index (χ3v) is 6.62. The van der Waals surface area contributed by atoms with Crippen LogP contribution in [0.2, 0.25) is 5.02 Å². The van der Waals surface area contributed by atoms with Gasteiger partial charge in [0.05, 0.1) is 4.90 Å². The summed E-state index contributed by atoms with van der Waals surface area (Å²) in [5.74, 6) is 0. The Morgan fingerprint density at radius 3 is 2.10 bits per heavy atom. The Morgan fingerprint density at radius 2 is 1.57 bits per heavy atom. The molecular weight excluding hydrogens is 308 g/mol. The van der Waals surface area contributed by atoms with Crippen LogP contribution in [0.4, 0.5) is 0 Å². The van der Waals surface area contributed by atoms with Crippen LogP contribution in [-0.4, -0.2) is 49.8 Å². The van der Waals surface area contributed by atoms with Gasteiger partial charge in [-0.05, 0) is 70.1 Å². The van der Waals surface area contributed by atoms with Crippen molar-refractivity contribution in [2.24, 2.45) is 0 Å². The number of hydrogen-bond donors (Lipinski definition) is 0. The zero-order valence-corrected chi connectivity index (χ0v) is 13.8.